The van der Waals surface area contributed by atoms with Crippen LogP contribution in [0, 0.1) is 5.82 Å². The van der Waals surface area contributed by atoms with Crippen LogP contribution in [-0.2, 0) is 9.53 Å². The molecule has 0 saturated carbocycles. The number of thioether (sulfide) groups is 1. The molecule has 0 aliphatic carbocycles. The maximum atomic E-state index is 14.2. The lowest BCUT2D eigenvalue weighted by molar-refractivity contribution is -0.118. The van der Waals surface area contributed by atoms with Gasteiger partial charge in [-0.15, -0.1) is 11.8 Å². The maximum Gasteiger partial charge on any atom is 0.228 e. The van der Waals surface area contributed by atoms with E-state index in [0.29, 0.717) is 23.6 Å². The van der Waals surface area contributed by atoms with E-state index in [9.17, 15) is 9.18 Å². The average Bonchev–Trinajstić information content (AvgIpc) is 3.26. The van der Waals surface area contributed by atoms with E-state index in [4.69, 9.17) is 4.74 Å². The van der Waals surface area contributed by atoms with Gasteiger partial charge in [-0.2, -0.15) is 0 Å². The number of fused-ring (bicyclic) bond motifs is 1. The summed E-state index contributed by atoms with van der Waals surface area (Å²) in [5.74, 6) is 0.594. The Morgan fingerprint density at radius 3 is 2.72 bits per heavy atom. The van der Waals surface area contributed by atoms with Crippen molar-refractivity contribution in [1.29, 1.82) is 0 Å². The number of hydrogen-bond donors (Lipinski definition) is 0. The number of carbonyl (C=O) groups is 1. The van der Waals surface area contributed by atoms with E-state index in [1.807, 2.05) is 24.3 Å². The Kier molecular flexibility index (Phi) is 8.50. The van der Waals surface area contributed by atoms with Crippen LogP contribution in [0.25, 0.3) is 10.2 Å². The van der Waals surface area contributed by atoms with E-state index in [1.165, 1.54) is 22.3 Å². The number of nitrogens with zero attached hydrogens (tertiary/aromatic N) is 3. The Hall–Kier alpha value is -2.00. The molecule has 32 heavy (non-hydrogen) atoms. The lowest BCUT2D eigenvalue weighted by atomic mass is 10.2. The molecule has 0 N–H and O–H groups in total. The molecule has 5 nitrogen and oxygen atoms in total. The zero-order chi connectivity index (χ0) is 22.2. The van der Waals surface area contributed by atoms with Crippen molar-refractivity contribution in [3.05, 3.63) is 54.3 Å². The van der Waals surface area contributed by atoms with Gasteiger partial charge in [-0.1, -0.05) is 35.6 Å². The van der Waals surface area contributed by atoms with Crippen molar-refractivity contribution in [2.75, 3.05) is 50.0 Å². The summed E-state index contributed by atoms with van der Waals surface area (Å²) < 4.78 is 20.4. The second-order valence-corrected chi connectivity index (χ2v) is 9.88. The van der Waals surface area contributed by atoms with Gasteiger partial charge in [-0.25, -0.2) is 9.37 Å². The van der Waals surface area contributed by atoms with Crippen molar-refractivity contribution in [3.63, 3.8) is 0 Å². The van der Waals surface area contributed by atoms with Crippen LogP contribution < -0.4 is 4.90 Å². The summed E-state index contributed by atoms with van der Waals surface area (Å²) in [5.41, 5.74) is 0.345. The number of amides is 1. The van der Waals surface area contributed by atoms with Crippen LogP contribution in [-0.4, -0.2) is 60.9 Å². The van der Waals surface area contributed by atoms with E-state index in [-0.39, 0.29) is 11.7 Å². The highest BCUT2D eigenvalue weighted by Gasteiger charge is 2.21. The fourth-order valence-electron chi connectivity index (χ4n) is 3.69. The number of rotatable bonds is 10. The van der Waals surface area contributed by atoms with Crippen molar-refractivity contribution >= 4 is 44.4 Å². The van der Waals surface area contributed by atoms with Gasteiger partial charge in [0.2, 0.25) is 5.91 Å². The summed E-state index contributed by atoms with van der Waals surface area (Å²) in [6, 6.07) is 15.2. The highest BCUT2D eigenvalue weighted by Crippen LogP contribution is 2.31. The molecule has 1 aromatic heterocycles. The van der Waals surface area contributed by atoms with E-state index in [2.05, 4.69) is 22.0 Å². The van der Waals surface area contributed by atoms with Gasteiger partial charge >= 0.3 is 0 Å². The number of anilines is 1. The SMILES string of the molecule is O=C(CCCSc1ccccc1)N(CCCN1CCOCC1)c1nc2c(F)cccc2s1. The number of hydrogen-bond acceptors (Lipinski definition) is 6. The topological polar surface area (TPSA) is 45.7 Å². The van der Waals surface area contributed by atoms with Crippen LogP contribution in [0.15, 0.2) is 53.4 Å². The Balaban J connectivity index is 1.38. The summed E-state index contributed by atoms with van der Waals surface area (Å²) in [6.45, 7) is 4.88. The molecule has 0 bridgehead atoms. The molecule has 3 aromatic rings. The summed E-state index contributed by atoms with van der Waals surface area (Å²) in [4.78, 5) is 23.0. The molecule has 0 unspecified atom stereocenters. The van der Waals surface area contributed by atoms with Gasteiger partial charge in [-0.05, 0) is 42.9 Å². The van der Waals surface area contributed by atoms with Gasteiger partial charge < -0.3 is 4.74 Å². The molecule has 1 aliphatic rings. The fraction of sp³-hybridized carbons (Fsp3) is 0.417. The number of halogens is 1. The van der Waals surface area contributed by atoms with Crippen LogP contribution in [0.4, 0.5) is 9.52 Å². The normalized spacial score (nSPS) is 14.7. The molecule has 1 saturated heterocycles. The number of ether oxygens (including phenoxy) is 1. The first kappa shape index (κ1) is 23.2. The number of morpholine rings is 1. The third-order valence-electron chi connectivity index (χ3n) is 5.40. The van der Waals surface area contributed by atoms with Gasteiger partial charge in [0.05, 0.1) is 17.9 Å². The summed E-state index contributed by atoms with van der Waals surface area (Å²) in [6.07, 6.45) is 2.09. The summed E-state index contributed by atoms with van der Waals surface area (Å²) in [7, 11) is 0. The number of aromatic nitrogens is 1. The fourth-order valence-corrected chi connectivity index (χ4v) is 5.59. The van der Waals surface area contributed by atoms with Gasteiger partial charge in [0.25, 0.3) is 0 Å². The largest absolute Gasteiger partial charge is 0.379 e. The molecule has 0 atom stereocenters. The average molecular weight is 474 g/mol. The van der Waals surface area contributed by atoms with Crippen LogP contribution in [0.1, 0.15) is 19.3 Å². The molecule has 2 aromatic carbocycles. The molecule has 170 valence electrons. The highest BCUT2D eigenvalue weighted by molar-refractivity contribution is 7.99. The Bertz CT molecular complexity index is 1010. The van der Waals surface area contributed by atoms with Crippen LogP contribution in [0.5, 0.6) is 0 Å². The van der Waals surface area contributed by atoms with Gasteiger partial charge in [-0.3, -0.25) is 14.6 Å². The zero-order valence-electron chi connectivity index (χ0n) is 18.0. The number of carbonyl (C=O) groups excluding carboxylic acids is 1. The highest BCUT2D eigenvalue weighted by atomic mass is 32.2. The Morgan fingerprint density at radius 2 is 1.94 bits per heavy atom. The van der Waals surface area contributed by atoms with Crippen molar-refractivity contribution < 1.29 is 13.9 Å². The minimum atomic E-state index is -0.343. The Morgan fingerprint density at radius 1 is 1.12 bits per heavy atom. The second kappa shape index (κ2) is 11.7. The van der Waals surface area contributed by atoms with Crippen molar-refractivity contribution in [2.24, 2.45) is 0 Å². The van der Waals surface area contributed by atoms with Gasteiger partial charge in [0.1, 0.15) is 11.3 Å². The molecule has 1 fully saturated rings. The first-order valence-electron chi connectivity index (χ1n) is 11.0. The molecule has 0 radical (unpaired) electrons. The van der Waals surface area contributed by atoms with E-state index >= 15 is 0 Å². The quantitative estimate of drug-likeness (QED) is 0.304. The first-order valence-corrected chi connectivity index (χ1v) is 12.8. The number of thiazole rings is 1. The molecule has 8 heteroatoms. The molecular formula is C24H28FN3O2S2. The zero-order valence-corrected chi connectivity index (χ0v) is 19.7. The van der Waals surface area contributed by atoms with Crippen LogP contribution in [0.3, 0.4) is 0 Å². The first-order chi connectivity index (χ1) is 15.7. The number of benzene rings is 2. The van der Waals surface area contributed by atoms with Crippen LogP contribution >= 0.6 is 23.1 Å². The minimum Gasteiger partial charge on any atom is -0.379 e. The lowest BCUT2D eigenvalue weighted by Crippen LogP contribution is -2.39. The van der Waals surface area contributed by atoms with Gasteiger partial charge in [0, 0.05) is 37.5 Å². The summed E-state index contributed by atoms with van der Waals surface area (Å²) in [5, 5.41) is 0.591. The molecule has 1 amide bonds. The van der Waals surface area contributed by atoms with E-state index < -0.39 is 0 Å². The predicted octanol–water partition coefficient (Wildman–Crippen LogP) is 5.06. The molecule has 4 rings (SSSR count). The standard InChI is InChI=1S/C24H28FN3O2S2/c25-20-9-4-10-21-23(20)26-24(32-21)28(13-6-12-27-14-16-30-17-15-27)22(29)11-5-18-31-19-7-2-1-3-8-19/h1-4,7-10H,5-6,11-18H2. The monoisotopic (exact) mass is 473 g/mol. The lowest BCUT2D eigenvalue weighted by Gasteiger charge is -2.27. The van der Waals surface area contributed by atoms with Crippen molar-refractivity contribution in [1.82, 2.24) is 9.88 Å². The van der Waals surface area contributed by atoms with Crippen molar-refractivity contribution in [3.8, 4) is 0 Å². The van der Waals surface area contributed by atoms with Crippen molar-refractivity contribution in [2.45, 2.75) is 24.2 Å². The Labute approximate surface area is 196 Å². The third-order valence-corrected chi connectivity index (χ3v) is 7.54. The smallest absolute Gasteiger partial charge is 0.228 e. The minimum absolute atomic E-state index is 0.0557. The third kappa shape index (κ3) is 6.28. The maximum absolute atomic E-state index is 14.2. The molecule has 1 aliphatic heterocycles. The summed E-state index contributed by atoms with van der Waals surface area (Å²) >= 11 is 3.15. The van der Waals surface area contributed by atoms with E-state index in [0.717, 1.165) is 56.1 Å². The van der Waals surface area contributed by atoms with E-state index in [1.54, 1.807) is 22.7 Å². The number of para-hydroxylation sites is 1. The molecule has 2 heterocycles. The molecular weight excluding hydrogens is 445 g/mol. The molecule has 0 spiro atoms. The second-order valence-electron chi connectivity index (χ2n) is 7.70. The van der Waals surface area contributed by atoms with Gasteiger partial charge in [0.15, 0.2) is 5.13 Å². The van der Waals surface area contributed by atoms with Crippen LogP contribution in [0.2, 0.25) is 0 Å². The predicted molar refractivity (Wildman–Crippen MR) is 130 cm³/mol.